The Balaban J connectivity index is 1.38. The summed E-state index contributed by atoms with van der Waals surface area (Å²) >= 11 is 3.38. The number of halogens is 1. The second kappa shape index (κ2) is 13.7. The zero-order chi connectivity index (χ0) is 33.0. The van der Waals surface area contributed by atoms with Crippen molar-refractivity contribution in [3.8, 4) is 11.5 Å². The van der Waals surface area contributed by atoms with Gasteiger partial charge in [-0.1, -0.05) is 0 Å². The van der Waals surface area contributed by atoms with E-state index >= 15 is 0 Å². The van der Waals surface area contributed by atoms with Gasteiger partial charge in [0.2, 0.25) is 5.95 Å². The molecule has 2 aromatic heterocycles. The number of amides is 1. The maximum absolute atomic E-state index is 13.1. The Hall–Kier alpha value is -4.76. The summed E-state index contributed by atoms with van der Waals surface area (Å²) < 4.78 is 35.3. The number of rotatable bonds is 9. The predicted molar refractivity (Wildman–Crippen MR) is 167 cm³/mol. The lowest BCUT2D eigenvalue weighted by molar-refractivity contribution is -0.0563. The van der Waals surface area contributed by atoms with Gasteiger partial charge in [0, 0.05) is 6.42 Å². The summed E-state index contributed by atoms with van der Waals surface area (Å²) in [7, 11) is 3.06. The summed E-state index contributed by atoms with van der Waals surface area (Å²) in [6.07, 6.45) is -1.44. The highest BCUT2D eigenvalue weighted by atomic mass is 79.9. The van der Waals surface area contributed by atoms with Crippen molar-refractivity contribution in [1.29, 1.82) is 0 Å². The molecule has 1 aliphatic rings. The Kier molecular flexibility index (Phi) is 9.72. The molecule has 0 saturated carbocycles. The molecule has 0 spiro atoms. The standard InChI is InChI=1S/C31H32BrN5O9/c1-31(2,3)46-30(40)36-29-34-25(32)24-26(35-29)37(16-33-24)23-14-21(45-28(39)18-8-12-20(42-5)13-9-18)22(44-23)15-43-27(38)17-6-10-19(41-4)11-7-17/h6-13,16,21-23H,14-15H2,1-5H3,(H,34,35,36,40)/t21-,22+,23+/m0/s1. The number of ether oxygens (including phenoxy) is 6. The first-order valence-corrected chi connectivity index (χ1v) is 14.9. The van der Waals surface area contributed by atoms with E-state index in [-0.39, 0.29) is 19.0 Å². The number of nitrogens with one attached hydrogen (secondary N) is 1. The zero-order valence-corrected chi connectivity index (χ0v) is 27.3. The number of anilines is 1. The first kappa shape index (κ1) is 32.6. The van der Waals surface area contributed by atoms with Crippen molar-refractivity contribution in [3.05, 3.63) is 70.6 Å². The van der Waals surface area contributed by atoms with E-state index in [0.29, 0.717) is 38.4 Å². The molecule has 46 heavy (non-hydrogen) atoms. The maximum Gasteiger partial charge on any atom is 0.414 e. The molecule has 15 heteroatoms. The minimum absolute atomic E-state index is 0.0270. The van der Waals surface area contributed by atoms with Gasteiger partial charge in [0.05, 0.1) is 31.7 Å². The van der Waals surface area contributed by atoms with Gasteiger partial charge in [0.15, 0.2) is 5.65 Å². The molecule has 1 amide bonds. The van der Waals surface area contributed by atoms with Gasteiger partial charge in [-0.25, -0.2) is 24.4 Å². The number of methoxy groups -OCH3 is 2. The lowest BCUT2D eigenvalue weighted by Crippen LogP contribution is -2.32. The number of aromatic nitrogens is 4. The van der Waals surface area contributed by atoms with Crippen LogP contribution in [0.2, 0.25) is 0 Å². The minimum Gasteiger partial charge on any atom is -0.497 e. The third-order valence-corrected chi connectivity index (χ3v) is 7.32. The maximum atomic E-state index is 13.1. The molecular formula is C31H32BrN5O9. The quantitative estimate of drug-likeness (QED) is 0.136. The molecule has 0 radical (unpaired) electrons. The van der Waals surface area contributed by atoms with Crippen LogP contribution in [0.15, 0.2) is 59.5 Å². The Labute approximate surface area is 272 Å². The van der Waals surface area contributed by atoms with E-state index in [1.165, 1.54) is 20.5 Å². The van der Waals surface area contributed by atoms with E-state index in [9.17, 15) is 14.4 Å². The van der Waals surface area contributed by atoms with Gasteiger partial charge in [-0.3, -0.25) is 9.88 Å². The van der Waals surface area contributed by atoms with Gasteiger partial charge < -0.3 is 28.4 Å². The number of carbonyl (C=O) groups is 3. The largest absolute Gasteiger partial charge is 0.497 e. The third-order valence-electron chi connectivity index (χ3n) is 6.77. The Morgan fingerprint density at radius 1 is 0.957 bits per heavy atom. The normalized spacial score (nSPS) is 17.7. The lowest BCUT2D eigenvalue weighted by atomic mass is 10.1. The van der Waals surface area contributed by atoms with E-state index in [1.807, 2.05) is 0 Å². The summed E-state index contributed by atoms with van der Waals surface area (Å²) in [5, 5.41) is 2.53. The van der Waals surface area contributed by atoms with Gasteiger partial charge in [-0.15, -0.1) is 0 Å². The number of nitrogens with zero attached hydrogens (tertiary/aromatic N) is 4. The molecule has 1 saturated heterocycles. The van der Waals surface area contributed by atoms with Crippen molar-refractivity contribution in [2.45, 2.75) is 51.2 Å². The SMILES string of the molecule is COc1ccc(C(=O)OC[C@H]2O[C@@H](n3cnc4c(Br)nc(NC(=O)OC(C)(C)C)nc43)C[C@@H]2OC(=O)c2ccc(OC)cc2)cc1. The highest BCUT2D eigenvalue weighted by molar-refractivity contribution is 9.10. The van der Waals surface area contributed by atoms with Crippen LogP contribution in [-0.4, -0.2) is 76.2 Å². The van der Waals surface area contributed by atoms with Crippen molar-refractivity contribution in [2.24, 2.45) is 0 Å². The van der Waals surface area contributed by atoms with Crippen LogP contribution >= 0.6 is 15.9 Å². The molecule has 14 nitrogen and oxygen atoms in total. The summed E-state index contributed by atoms with van der Waals surface area (Å²) in [4.78, 5) is 51.4. The molecule has 1 N–H and O–H groups in total. The first-order valence-electron chi connectivity index (χ1n) is 14.2. The molecule has 0 unspecified atom stereocenters. The molecule has 2 aromatic carbocycles. The third kappa shape index (κ3) is 7.72. The van der Waals surface area contributed by atoms with Gasteiger partial charge in [0.1, 0.15) is 52.3 Å². The molecule has 4 aromatic rings. The second-order valence-electron chi connectivity index (χ2n) is 11.2. The molecule has 242 valence electrons. The number of fused-ring (bicyclic) bond motifs is 1. The fourth-order valence-electron chi connectivity index (χ4n) is 4.59. The topological polar surface area (TPSA) is 162 Å². The van der Waals surface area contributed by atoms with Crippen molar-refractivity contribution in [2.75, 3.05) is 26.1 Å². The van der Waals surface area contributed by atoms with Crippen LogP contribution in [0, 0.1) is 0 Å². The number of hydrogen-bond donors (Lipinski definition) is 1. The van der Waals surface area contributed by atoms with Crippen LogP contribution in [0.5, 0.6) is 11.5 Å². The summed E-state index contributed by atoms with van der Waals surface area (Å²) in [6, 6.07) is 12.9. The molecule has 1 aliphatic heterocycles. The molecule has 0 bridgehead atoms. The molecule has 5 rings (SSSR count). The average molecular weight is 699 g/mol. The van der Waals surface area contributed by atoms with Crippen molar-refractivity contribution in [1.82, 2.24) is 19.5 Å². The van der Waals surface area contributed by atoms with Gasteiger partial charge in [-0.2, -0.15) is 4.98 Å². The fraction of sp³-hybridized carbons (Fsp3) is 0.355. The van der Waals surface area contributed by atoms with Crippen LogP contribution in [0.25, 0.3) is 11.2 Å². The van der Waals surface area contributed by atoms with Crippen LogP contribution in [0.1, 0.15) is 54.1 Å². The van der Waals surface area contributed by atoms with E-state index in [1.54, 1.807) is 73.9 Å². The van der Waals surface area contributed by atoms with E-state index in [0.717, 1.165) is 0 Å². The average Bonchev–Trinajstić information content (AvgIpc) is 3.63. The van der Waals surface area contributed by atoms with Crippen molar-refractivity contribution in [3.63, 3.8) is 0 Å². The van der Waals surface area contributed by atoms with E-state index in [4.69, 9.17) is 28.4 Å². The molecule has 3 atom stereocenters. The summed E-state index contributed by atoms with van der Waals surface area (Å²) in [5.41, 5.74) is 0.623. The molecular weight excluding hydrogens is 666 g/mol. The minimum atomic E-state index is -0.837. The number of carbonyl (C=O) groups excluding carboxylic acids is 3. The Morgan fingerprint density at radius 3 is 2.15 bits per heavy atom. The second-order valence-corrected chi connectivity index (χ2v) is 11.9. The number of imidazole rings is 1. The number of hydrogen-bond acceptors (Lipinski definition) is 12. The van der Waals surface area contributed by atoms with Crippen LogP contribution in [-0.2, 0) is 18.9 Å². The van der Waals surface area contributed by atoms with Crippen molar-refractivity contribution < 1.29 is 42.8 Å². The lowest BCUT2D eigenvalue weighted by Gasteiger charge is -2.19. The number of benzene rings is 2. The first-order chi connectivity index (χ1) is 21.9. The summed E-state index contributed by atoms with van der Waals surface area (Å²) in [5.74, 6) is -0.0209. The van der Waals surface area contributed by atoms with Crippen LogP contribution in [0.4, 0.5) is 10.7 Å². The van der Waals surface area contributed by atoms with Gasteiger partial charge in [0.25, 0.3) is 0 Å². The molecule has 3 heterocycles. The smallest absolute Gasteiger partial charge is 0.414 e. The van der Waals surface area contributed by atoms with E-state index in [2.05, 4.69) is 36.2 Å². The molecule has 0 aliphatic carbocycles. The molecule has 1 fully saturated rings. The van der Waals surface area contributed by atoms with Crippen molar-refractivity contribution >= 4 is 51.1 Å². The monoisotopic (exact) mass is 697 g/mol. The Morgan fingerprint density at radius 2 is 1.57 bits per heavy atom. The highest BCUT2D eigenvalue weighted by Gasteiger charge is 2.41. The van der Waals surface area contributed by atoms with Gasteiger partial charge >= 0.3 is 18.0 Å². The van der Waals surface area contributed by atoms with Gasteiger partial charge in [-0.05, 0) is 85.2 Å². The van der Waals surface area contributed by atoms with Crippen LogP contribution < -0.4 is 14.8 Å². The summed E-state index contributed by atoms with van der Waals surface area (Å²) in [6.45, 7) is 5.00. The fourth-order valence-corrected chi connectivity index (χ4v) is 5.04. The number of esters is 2. The zero-order valence-electron chi connectivity index (χ0n) is 25.7. The predicted octanol–water partition coefficient (Wildman–Crippen LogP) is 5.32. The highest BCUT2D eigenvalue weighted by Crippen LogP contribution is 2.35. The van der Waals surface area contributed by atoms with Crippen LogP contribution in [0.3, 0.4) is 0 Å². The Bertz CT molecular complexity index is 1720. The van der Waals surface area contributed by atoms with E-state index < -0.39 is 42.1 Å².